The van der Waals surface area contributed by atoms with Gasteiger partial charge >= 0.3 is 0 Å². The molecule has 4 nitrogen and oxygen atoms in total. The first kappa shape index (κ1) is 10.6. The number of hydrogen-bond donors (Lipinski definition) is 1. The van der Waals surface area contributed by atoms with E-state index in [9.17, 15) is 9.00 Å². The largest absolute Gasteiger partial charge is 0.396 e. The van der Waals surface area contributed by atoms with Crippen molar-refractivity contribution in [1.29, 1.82) is 0 Å². The van der Waals surface area contributed by atoms with Gasteiger partial charge in [0.05, 0.1) is 9.73 Å². The van der Waals surface area contributed by atoms with Crippen LogP contribution in [0.5, 0.6) is 0 Å². The third-order valence-electron chi connectivity index (χ3n) is 1.00. The van der Waals surface area contributed by atoms with Crippen LogP contribution in [0.3, 0.4) is 0 Å². The topological polar surface area (TPSA) is 66.7 Å². The molecule has 5 heteroatoms. The van der Waals surface area contributed by atoms with Crippen molar-refractivity contribution in [3.05, 3.63) is 0 Å². The Bertz CT molecular complexity index is 240. The van der Waals surface area contributed by atoms with Crippen LogP contribution in [0.2, 0.25) is 0 Å². The van der Waals surface area contributed by atoms with Crippen molar-refractivity contribution >= 4 is 15.6 Å². The van der Waals surface area contributed by atoms with Crippen molar-refractivity contribution in [3.63, 3.8) is 0 Å². The van der Waals surface area contributed by atoms with Gasteiger partial charge in [0.2, 0.25) is 0 Å². The summed E-state index contributed by atoms with van der Waals surface area (Å²) in [6.07, 6.45) is 1.84. The lowest BCUT2D eigenvalue weighted by Gasteiger charge is -1.99. The van der Waals surface area contributed by atoms with Crippen LogP contribution in [0.1, 0.15) is 13.3 Å². The molecule has 66 valence electrons. The summed E-state index contributed by atoms with van der Waals surface area (Å²) in [4.78, 5) is 10.4. The third-order valence-corrected chi connectivity index (χ3v) is 2.69. The van der Waals surface area contributed by atoms with Crippen molar-refractivity contribution in [2.75, 3.05) is 18.6 Å². The predicted molar refractivity (Wildman–Crippen MR) is 43.7 cm³/mol. The highest BCUT2D eigenvalue weighted by Gasteiger charge is 2.01. The molecular weight excluding hydrogens is 166 g/mol. The first-order valence-corrected chi connectivity index (χ1v) is 5.38. The van der Waals surface area contributed by atoms with Gasteiger partial charge in [0.15, 0.2) is 0 Å². The monoisotopic (exact) mass is 179 g/mol. The molecule has 0 bridgehead atoms. The van der Waals surface area contributed by atoms with E-state index in [1.54, 1.807) is 0 Å². The molecule has 11 heavy (non-hydrogen) atoms. The average molecular weight is 179 g/mol. The fourth-order valence-electron chi connectivity index (χ4n) is 0.650. The molecule has 0 aliphatic carbocycles. The lowest BCUT2D eigenvalue weighted by Crippen LogP contribution is -2.06. The second-order valence-corrected chi connectivity index (χ2v) is 4.86. The molecule has 0 spiro atoms. The lowest BCUT2D eigenvalue weighted by atomic mass is 10.5. The van der Waals surface area contributed by atoms with Crippen LogP contribution in [-0.4, -0.2) is 33.8 Å². The zero-order chi connectivity index (χ0) is 8.91. The molecule has 0 rings (SSSR count). The minimum Gasteiger partial charge on any atom is -0.396 e. The van der Waals surface area contributed by atoms with Gasteiger partial charge in [-0.05, 0) is 6.42 Å². The van der Waals surface area contributed by atoms with Crippen molar-refractivity contribution in [2.24, 2.45) is 4.36 Å². The SMILES string of the molecule is CC(=O)N=[S@](C)(=O)CCCO. The van der Waals surface area contributed by atoms with Gasteiger partial charge in [-0.15, -0.1) is 0 Å². The summed E-state index contributed by atoms with van der Waals surface area (Å²) in [6.45, 7) is 1.25. The molecule has 0 heterocycles. The van der Waals surface area contributed by atoms with Gasteiger partial charge in [0.1, 0.15) is 0 Å². The molecule has 0 aliphatic rings. The second-order valence-electron chi connectivity index (χ2n) is 2.35. The minimum atomic E-state index is -2.38. The van der Waals surface area contributed by atoms with Crippen molar-refractivity contribution in [2.45, 2.75) is 13.3 Å². The number of aliphatic hydroxyl groups excluding tert-OH is 1. The van der Waals surface area contributed by atoms with Crippen LogP contribution >= 0.6 is 0 Å². The quantitative estimate of drug-likeness (QED) is 0.663. The molecule has 0 aliphatic heterocycles. The van der Waals surface area contributed by atoms with Gasteiger partial charge in [-0.25, -0.2) is 4.21 Å². The van der Waals surface area contributed by atoms with Gasteiger partial charge in [-0.3, -0.25) is 4.79 Å². The second kappa shape index (κ2) is 4.46. The average Bonchev–Trinajstić information content (AvgIpc) is 1.81. The summed E-state index contributed by atoms with van der Waals surface area (Å²) in [5, 5.41) is 8.41. The van der Waals surface area contributed by atoms with Crippen molar-refractivity contribution < 1.29 is 14.1 Å². The Balaban J connectivity index is 4.22. The molecule has 1 N–H and O–H groups in total. The molecule has 0 radical (unpaired) electrons. The Kier molecular flexibility index (Phi) is 4.29. The van der Waals surface area contributed by atoms with Gasteiger partial charge in [-0.2, -0.15) is 4.36 Å². The number of rotatable bonds is 3. The van der Waals surface area contributed by atoms with Gasteiger partial charge in [0, 0.05) is 25.5 Å². The van der Waals surface area contributed by atoms with E-state index in [4.69, 9.17) is 5.11 Å². The molecular formula is C6H13NO3S. The van der Waals surface area contributed by atoms with Crippen molar-refractivity contribution in [3.8, 4) is 0 Å². The van der Waals surface area contributed by atoms with Crippen LogP contribution in [0.25, 0.3) is 0 Å². The summed E-state index contributed by atoms with van der Waals surface area (Å²) in [7, 11) is -2.38. The molecule has 1 amide bonds. The van der Waals surface area contributed by atoms with Gasteiger partial charge in [-0.1, -0.05) is 0 Å². The van der Waals surface area contributed by atoms with E-state index in [1.807, 2.05) is 0 Å². The molecule has 1 atom stereocenters. The molecule has 0 aromatic carbocycles. The number of carbonyl (C=O) groups excluding carboxylic acids is 1. The molecule has 0 saturated carbocycles. The van der Waals surface area contributed by atoms with Crippen LogP contribution in [0.4, 0.5) is 0 Å². The highest BCUT2D eigenvalue weighted by atomic mass is 32.2. The smallest absolute Gasteiger partial charge is 0.250 e. The maximum atomic E-state index is 11.3. The number of aliphatic hydroxyl groups is 1. The Morgan fingerprint density at radius 2 is 2.18 bits per heavy atom. The van der Waals surface area contributed by atoms with Crippen LogP contribution in [0.15, 0.2) is 4.36 Å². The van der Waals surface area contributed by atoms with Crippen LogP contribution in [-0.2, 0) is 14.5 Å². The first-order chi connectivity index (χ1) is 4.98. The maximum absolute atomic E-state index is 11.3. The Labute approximate surface area is 66.8 Å². The highest BCUT2D eigenvalue weighted by molar-refractivity contribution is 7.93. The summed E-state index contributed by atoms with van der Waals surface area (Å²) in [6, 6.07) is 0. The van der Waals surface area contributed by atoms with Crippen LogP contribution in [0, 0.1) is 0 Å². The summed E-state index contributed by atoms with van der Waals surface area (Å²) < 4.78 is 14.7. The molecule has 0 fully saturated rings. The maximum Gasteiger partial charge on any atom is 0.250 e. The highest BCUT2D eigenvalue weighted by Crippen LogP contribution is 1.94. The predicted octanol–water partition coefficient (Wildman–Crippen LogP) is 0.0131. The van der Waals surface area contributed by atoms with E-state index < -0.39 is 15.6 Å². The zero-order valence-electron chi connectivity index (χ0n) is 6.74. The van der Waals surface area contributed by atoms with Gasteiger partial charge < -0.3 is 5.11 Å². The fourth-order valence-corrected chi connectivity index (χ4v) is 1.95. The first-order valence-electron chi connectivity index (χ1n) is 3.29. The van der Waals surface area contributed by atoms with Gasteiger partial charge in [0.25, 0.3) is 5.91 Å². The summed E-state index contributed by atoms with van der Waals surface area (Å²) in [5.41, 5.74) is 0. The normalized spacial score (nSPS) is 15.5. The molecule has 0 aromatic heterocycles. The van der Waals surface area contributed by atoms with Crippen LogP contribution < -0.4 is 0 Å². The summed E-state index contributed by atoms with van der Waals surface area (Å²) in [5.74, 6) is -0.140. The third kappa shape index (κ3) is 6.00. The van der Waals surface area contributed by atoms with E-state index >= 15 is 0 Å². The minimum absolute atomic E-state index is 0.0156. The number of nitrogens with zero attached hydrogens (tertiary/aromatic N) is 1. The van der Waals surface area contributed by atoms with E-state index in [1.165, 1.54) is 13.2 Å². The number of hydrogen-bond acceptors (Lipinski definition) is 3. The Hall–Kier alpha value is -0.420. The van der Waals surface area contributed by atoms with E-state index in [0.29, 0.717) is 6.42 Å². The fraction of sp³-hybridized carbons (Fsp3) is 0.833. The Morgan fingerprint density at radius 3 is 2.55 bits per heavy atom. The standard InChI is InChI=1S/C6H13NO3S/c1-6(9)7-11(2,10)5-3-4-8/h8H,3-5H2,1-2H3/t11-/m1/s1. The number of carbonyl (C=O) groups is 1. The van der Waals surface area contributed by atoms with E-state index in [2.05, 4.69) is 4.36 Å². The van der Waals surface area contributed by atoms with E-state index in [0.717, 1.165) is 0 Å². The zero-order valence-corrected chi connectivity index (χ0v) is 7.56. The lowest BCUT2D eigenvalue weighted by molar-refractivity contribution is -0.115. The number of amides is 1. The van der Waals surface area contributed by atoms with E-state index in [-0.39, 0.29) is 12.4 Å². The molecule has 0 unspecified atom stereocenters. The van der Waals surface area contributed by atoms with Crippen molar-refractivity contribution in [1.82, 2.24) is 0 Å². The molecule has 0 saturated heterocycles. The Morgan fingerprint density at radius 1 is 1.64 bits per heavy atom. The summed E-state index contributed by atoms with van der Waals surface area (Å²) >= 11 is 0. The molecule has 0 aromatic rings.